The summed E-state index contributed by atoms with van der Waals surface area (Å²) in [4.78, 5) is 5.87. The molecule has 0 radical (unpaired) electrons. The zero-order chi connectivity index (χ0) is 15.9. The third kappa shape index (κ3) is 2.87. The normalized spacial score (nSPS) is 11.5. The second-order valence-corrected chi connectivity index (χ2v) is 7.62. The SMILES string of the molecule is CC(C)Cc1cc2c(S)c(-c3ccnc(Cl)c3F)ccc2s1. The van der Waals surface area contributed by atoms with Crippen molar-refractivity contribution in [3.63, 3.8) is 0 Å². The van der Waals surface area contributed by atoms with Crippen molar-refractivity contribution in [1.29, 1.82) is 0 Å². The number of pyridine rings is 1. The molecule has 2 aromatic heterocycles. The predicted molar refractivity (Wildman–Crippen MR) is 95.8 cm³/mol. The maximum atomic E-state index is 14.2. The molecule has 22 heavy (non-hydrogen) atoms. The van der Waals surface area contributed by atoms with Crippen molar-refractivity contribution in [1.82, 2.24) is 4.98 Å². The Morgan fingerprint density at radius 1 is 1.27 bits per heavy atom. The molecule has 0 saturated carbocycles. The lowest BCUT2D eigenvalue weighted by atomic mass is 10.0. The van der Waals surface area contributed by atoms with Crippen molar-refractivity contribution < 1.29 is 4.39 Å². The van der Waals surface area contributed by atoms with Crippen LogP contribution in [-0.4, -0.2) is 4.98 Å². The third-order valence-electron chi connectivity index (χ3n) is 3.47. The van der Waals surface area contributed by atoms with E-state index in [4.69, 9.17) is 11.6 Å². The van der Waals surface area contributed by atoms with Gasteiger partial charge in [-0.05, 0) is 36.1 Å². The van der Waals surface area contributed by atoms with Crippen LogP contribution in [0.5, 0.6) is 0 Å². The number of fused-ring (bicyclic) bond motifs is 1. The zero-order valence-corrected chi connectivity index (χ0v) is 14.7. The number of thiol groups is 1. The van der Waals surface area contributed by atoms with Crippen LogP contribution in [0.3, 0.4) is 0 Å². The predicted octanol–water partition coefficient (Wildman–Crippen LogP) is 6.24. The molecule has 114 valence electrons. The number of hydrogen-bond acceptors (Lipinski definition) is 3. The number of halogens is 2. The minimum absolute atomic E-state index is 0.115. The largest absolute Gasteiger partial charge is 0.242 e. The molecule has 0 aliphatic heterocycles. The van der Waals surface area contributed by atoms with Crippen LogP contribution >= 0.6 is 35.6 Å². The monoisotopic (exact) mass is 351 g/mol. The zero-order valence-electron chi connectivity index (χ0n) is 12.2. The van der Waals surface area contributed by atoms with Gasteiger partial charge in [-0.15, -0.1) is 24.0 Å². The summed E-state index contributed by atoms with van der Waals surface area (Å²) < 4.78 is 15.4. The summed E-state index contributed by atoms with van der Waals surface area (Å²) >= 11 is 12.2. The molecule has 0 aliphatic rings. The van der Waals surface area contributed by atoms with Gasteiger partial charge in [0.2, 0.25) is 0 Å². The van der Waals surface area contributed by atoms with Gasteiger partial charge < -0.3 is 0 Å². The summed E-state index contributed by atoms with van der Waals surface area (Å²) in [5, 5.41) is 0.949. The van der Waals surface area contributed by atoms with Gasteiger partial charge in [-0.2, -0.15) is 0 Å². The molecule has 2 heterocycles. The van der Waals surface area contributed by atoms with Gasteiger partial charge in [-0.3, -0.25) is 0 Å². The van der Waals surface area contributed by atoms with Crippen LogP contribution in [0.25, 0.3) is 21.2 Å². The third-order valence-corrected chi connectivity index (χ3v) is 5.34. The van der Waals surface area contributed by atoms with Crippen LogP contribution in [0.2, 0.25) is 5.15 Å². The molecule has 0 amide bonds. The average Bonchev–Trinajstić information content (AvgIpc) is 2.85. The van der Waals surface area contributed by atoms with Crippen molar-refractivity contribution in [3.05, 3.63) is 46.3 Å². The molecule has 1 aromatic carbocycles. The Morgan fingerprint density at radius 2 is 2.05 bits per heavy atom. The fraction of sp³-hybridized carbons (Fsp3) is 0.235. The molecule has 0 saturated heterocycles. The van der Waals surface area contributed by atoms with E-state index in [-0.39, 0.29) is 5.15 Å². The molecule has 0 N–H and O–H groups in total. The van der Waals surface area contributed by atoms with E-state index in [0.29, 0.717) is 11.5 Å². The molecule has 3 rings (SSSR count). The molecule has 5 heteroatoms. The Hall–Kier alpha value is -1.10. The minimum Gasteiger partial charge on any atom is -0.242 e. The molecule has 0 fully saturated rings. The summed E-state index contributed by atoms with van der Waals surface area (Å²) in [6.07, 6.45) is 2.55. The van der Waals surface area contributed by atoms with Gasteiger partial charge in [-0.1, -0.05) is 31.5 Å². The highest BCUT2D eigenvalue weighted by molar-refractivity contribution is 7.80. The number of nitrogens with zero attached hydrogens (tertiary/aromatic N) is 1. The van der Waals surface area contributed by atoms with Gasteiger partial charge in [0, 0.05) is 31.6 Å². The Morgan fingerprint density at radius 3 is 2.77 bits per heavy atom. The van der Waals surface area contributed by atoms with Gasteiger partial charge in [0.1, 0.15) is 0 Å². The van der Waals surface area contributed by atoms with E-state index >= 15 is 0 Å². The molecule has 0 spiro atoms. The first kappa shape index (κ1) is 15.8. The van der Waals surface area contributed by atoms with Crippen molar-refractivity contribution in [3.8, 4) is 11.1 Å². The van der Waals surface area contributed by atoms with Crippen LogP contribution < -0.4 is 0 Å². The molecule has 0 unspecified atom stereocenters. The molecule has 0 aliphatic carbocycles. The summed E-state index contributed by atoms with van der Waals surface area (Å²) in [5.41, 5.74) is 1.18. The van der Waals surface area contributed by atoms with Crippen LogP contribution in [0.4, 0.5) is 4.39 Å². The van der Waals surface area contributed by atoms with Gasteiger partial charge in [0.05, 0.1) is 0 Å². The smallest absolute Gasteiger partial charge is 0.168 e. The first-order valence-electron chi connectivity index (χ1n) is 7.02. The van der Waals surface area contributed by atoms with Gasteiger partial charge in [0.25, 0.3) is 0 Å². The Balaban J connectivity index is 2.15. The maximum absolute atomic E-state index is 14.2. The molecule has 0 atom stereocenters. The Labute approximate surface area is 143 Å². The fourth-order valence-electron chi connectivity index (χ4n) is 2.50. The van der Waals surface area contributed by atoms with E-state index in [0.717, 1.165) is 22.3 Å². The number of rotatable bonds is 3. The molecular weight excluding hydrogens is 337 g/mol. The van der Waals surface area contributed by atoms with Gasteiger partial charge in [0.15, 0.2) is 11.0 Å². The van der Waals surface area contributed by atoms with Crippen LogP contribution in [0.15, 0.2) is 35.4 Å². The van der Waals surface area contributed by atoms with Crippen molar-refractivity contribution in [2.24, 2.45) is 5.92 Å². The summed E-state index contributed by atoms with van der Waals surface area (Å²) in [5.74, 6) is 0.101. The fourth-order valence-corrected chi connectivity index (χ4v) is 4.39. The van der Waals surface area contributed by atoms with E-state index in [1.165, 1.54) is 15.8 Å². The highest BCUT2D eigenvalue weighted by Crippen LogP contribution is 2.39. The molecule has 3 aromatic rings. The lowest BCUT2D eigenvalue weighted by molar-refractivity contribution is 0.625. The van der Waals surface area contributed by atoms with Gasteiger partial charge >= 0.3 is 0 Å². The quantitative estimate of drug-likeness (QED) is 0.435. The summed E-state index contributed by atoms with van der Waals surface area (Å²) in [6, 6.07) is 7.71. The number of aromatic nitrogens is 1. The van der Waals surface area contributed by atoms with Crippen LogP contribution in [0, 0.1) is 11.7 Å². The molecule has 0 bridgehead atoms. The number of thiophene rings is 1. The van der Waals surface area contributed by atoms with Crippen molar-refractivity contribution in [2.45, 2.75) is 25.2 Å². The minimum atomic E-state index is -0.503. The molecular formula is C17H15ClFNS2. The first-order valence-corrected chi connectivity index (χ1v) is 8.66. The topological polar surface area (TPSA) is 12.9 Å². The van der Waals surface area contributed by atoms with E-state index in [1.807, 2.05) is 12.1 Å². The average molecular weight is 352 g/mol. The number of hydrogen-bond donors (Lipinski definition) is 1. The van der Waals surface area contributed by atoms with E-state index in [1.54, 1.807) is 17.4 Å². The highest BCUT2D eigenvalue weighted by atomic mass is 35.5. The Bertz CT molecular complexity index is 842. The van der Waals surface area contributed by atoms with Crippen molar-refractivity contribution >= 4 is 45.7 Å². The summed E-state index contributed by atoms with van der Waals surface area (Å²) in [7, 11) is 0. The second kappa shape index (κ2) is 6.19. The number of benzene rings is 1. The second-order valence-electron chi connectivity index (χ2n) is 5.65. The highest BCUT2D eigenvalue weighted by Gasteiger charge is 2.15. The first-order chi connectivity index (χ1) is 10.5. The van der Waals surface area contributed by atoms with Gasteiger partial charge in [-0.25, -0.2) is 9.37 Å². The standard InChI is InChI=1S/C17H15ClFNS2/c1-9(2)7-10-8-13-14(22-10)4-3-12(16(13)21)11-5-6-20-17(18)15(11)19/h3-6,8-9,21H,7H2,1-2H3. The Kier molecular flexibility index (Phi) is 4.44. The van der Waals surface area contributed by atoms with Crippen LogP contribution in [0.1, 0.15) is 18.7 Å². The van der Waals surface area contributed by atoms with Crippen LogP contribution in [-0.2, 0) is 6.42 Å². The van der Waals surface area contributed by atoms with E-state index in [2.05, 4.69) is 37.5 Å². The summed E-state index contributed by atoms with van der Waals surface area (Å²) in [6.45, 7) is 4.40. The van der Waals surface area contributed by atoms with Crippen molar-refractivity contribution in [2.75, 3.05) is 0 Å². The van der Waals surface area contributed by atoms with E-state index in [9.17, 15) is 4.39 Å². The lowest BCUT2D eigenvalue weighted by Crippen LogP contribution is -1.90. The molecule has 1 nitrogen and oxygen atoms in total. The maximum Gasteiger partial charge on any atom is 0.168 e. The van der Waals surface area contributed by atoms with E-state index < -0.39 is 5.82 Å². The lowest BCUT2D eigenvalue weighted by Gasteiger charge is -2.08.